The molecule has 44 heavy (non-hydrogen) atoms. The zero-order valence-corrected chi connectivity index (χ0v) is 30.0. The third kappa shape index (κ3) is 22.3. The zero-order chi connectivity index (χ0) is 31.9. The molecule has 0 heterocycles. The number of nitrogens with two attached hydrogens (primary N) is 3. The first-order valence-electron chi connectivity index (χ1n) is 19.7. The van der Waals surface area contributed by atoms with Crippen molar-refractivity contribution in [3.8, 4) is 0 Å². The highest BCUT2D eigenvalue weighted by Crippen LogP contribution is 2.25. The average Bonchev–Trinajstić information content (AvgIpc) is 3.02. The van der Waals surface area contributed by atoms with Crippen LogP contribution in [0, 0.1) is 0 Å². The Bertz CT molecular complexity index is 717. The van der Waals surface area contributed by atoms with Gasteiger partial charge in [0.15, 0.2) is 0 Å². The van der Waals surface area contributed by atoms with Gasteiger partial charge in [-0.2, -0.15) is 0 Å². The number of benzene rings is 1. The predicted molar refractivity (Wildman–Crippen MR) is 199 cm³/mol. The fourth-order valence-corrected chi connectivity index (χ4v) is 6.67. The fourth-order valence-electron chi connectivity index (χ4n) is 6.67. The lowest BCUT2D eigenvalue weighted by molar-refractivity contribution is 0.252. The summed E-state index contributed by atoms with van der Waals surface area (Å²) in [6.07, 6.45) is 39.4. The first-order valence-corrected chi connectivity index (χ1v) is 19.7. The third-order valence-corrected chi connectivity index (χ3v) is 9.74. The van der Waals surface area contributed by atoms with Gasteiger partial charge in [0.2, 0.25) is 0 Å². The van der Waals surface area contributed by atoms with Crippen LogP contribution in [0.1, 0.15) is 205 Å². The minimum atomic E-state index is 0.406. The molecular weight excluding hydrogens is 536 g/mol. The van der Waals surface area contributed by atoms with Gasteiger partial charge in [-0.3, -0.25) is 4.90 Å². The van der Waals surface area contributed by atoms with Gasteiger partial charge in [0, 0.05) is 30.0 Å². The topological polar surface area (TPSA) is 81.3 Å². The van der Waals surface area contributed by atoms with E-state index in [1.165, 1.54) is 185 Å². The van der Waals surface area contributed by atoms with Gasteiger partial charge in [-0.15, -0.1) is 0 Å². The van der Waals surface area contributed by atoms with E-state index in [0.717, 1.165) is 36.6 Å². The Morgan fingerprint density at radius 3 is 1.09 bits per heavy atom. The summed E-state index contributed by atoms with van der Waals surface area (Å²) < 4.78 is 0. The van der Waals surface area contributed by atoms with Gasteiger partial charge >= 0.3 is 0 Å². The lowest BCUT2D eigenvalue weighted by Crippen LogP contribution is -2.26. The minimum absolute atomic E-state index is 0.406. The number of unbranched alkanes of at least 4 members (excludes halogenated alkanes) is 26. The summed E-state index contributed by atoms with van der Waals surface area (Å²) in [6.45, 7) is 8.25. The van der Waals surface area contributed by atoms with Crippen LogP contribution < -0.4 is 17.2 Å². The zero-order valence-electron chi connectivity index (χ0n) is 30.0. The first-order chi connectivity index (χ1) is 21.6. The molecule has 0 atom stereocenters. The third-order valence-electron chi connectivity index (χ3n) is 9.74. The Morgan fingerprint density at radius 2 is 0.773 bits per heavy atom. The van der Waals surface area contributed by atoms with Crippen LogP contribution in [0.2, 0.25) is 0 Å². The maximum absolute atomic E-state index is 6.52. The Balaban J connectivity index is 2.24. The van der Waals surface area contributed by atoms with Crippen molar-refractivity contribution in [2.75, 3.05) is 24.6 Å². The SMILES string of the molecule is CCCCCCCCCCCCCCCCN(CCCCCCCCCCCCCCCC)Cc1ccc(N)c(CN)c1N. The number of hydrogen-bond acceptors (Lipinski definition) is 4. The molecule has 4 heteroatoms. The fraction of sp³-hybridized carbons (Fsp3) is 0.850. The van der Waals surface area contributed by atoms with Crippen LogP contribution in [0.5, 0.6) is 0 Å². The van der Waals surface area contributed by atoms with E-state index in [0.29, 0.717) is 6.54 Å². The molecule has 4 nitrogen and oxygen atoms in total. The smallest absolute Gasteiger partial charge is 0.0426 e. The van der Waals surface area contributed by atoms with Crippen LogP contribution >= 0.6 is 0 Å². The molecule has 6 N–H and O–H groups in total. The number of rotatable bonds is 33. The molecule has 0 radical (unpaired) electrons. The van der Waals surface area contributed by atoms with E-state index in [1.807, 2.05) is 6.07 Å². The van der Waals surface area contributed by atoms with Crippen LogP contribution in [0.25, 0.3) is 0 Å². The molecule has 0 amide bonds. The van der Waals surface area contributed by atoms with Crippen LogP contribution in [-0.4, -0.2) is 18.0 Å². The van der Waals surface area contributed by atoms with Crippen LogP contribution in [0.4, 0.5) is 11.4 Å². The summed E-state index contributed by atoms with van der Waals surface area (Å²) in [5.41, 5.74) is 22.3. The maximum atomic E-state index is 6.52. The lowest BCUT2D eigenvalue weighted by Gasteiger charge is -2.24. The highest BCUT2D eigenvalue weighted by atomic mass is 15.1. The second-order valence-corrected chi connectivity index (χ2v) is 13.9. The molecule has 258 valence electrons. The molecule has 0 aliphatic heterocycles. The van der Waals surface area contributed by atoms with E-state index < -0.39 is 0 Å². The second kappa shape index (κ2) is 30.4. The molecule has 0 fully saturated rings. The van der Waals surface area contributed by atoms with Gasteiger partial charge < -0.3 is 17.2 Å². The summed E-state index contributed by atoms with van der Waals surface area (Å²) in [5.74, 6) is 0. The minimum Gasteiger partial charge on any atom is -0.398 e. The summed E-state index contributed by atoms with van der Waals surface area (Å²) in [6, 6.07) is 4.11. The van der Waals surface area contributed by atoms with Crippen molar-refractivity contribution in [1.82, 2.24) is 4.90 Å². The van der Waals surface area contributed by atoms with Crippen LogP contribution in [0.3, 0.4) is 0 Å². The molecule has 0 saturated carbocycles. The standard InChI is InChI=1S/C40H78N4/c1-3-5-7-9-11-13-15-17-19-21-23-25-27-29-33-44(36-37-31-32-39(42)38(35-41)40(37)43)34-30-28-26-24-22-20-18-16-14-12-10-8-6-4-2/h31-32H,3-30,33-36,41-43H2,1-2H3. The van der Waals surface area contributed by atoms with E-state index >= 15 is 0 Å². The first kappa shape index (κ1) is 40.8. The normalized spacial score (nSPS) is 11.6. The highest BCUT2D eigenvalue weighted by molar-refractivity contribution is 5.65. The lowest BCUT2D eigenvalue weighted by atomic mass is 10.0. The predicted octanol–water partition coefficient (Wildman–Crippen LogP) is 12.1. The van der Waals surface area contributed by atoms with Crippen molar-refractivity contribution >= 4 is 11.4 Å². The number of nitrogen functional groups attached to an aromatic ring is 2. The Labute approximate surface area is 276 Å². The van der Waals surface area contributed by atoms with E-state index in [1.54, 1.807) is 0 Å². The van der Waals surface area contributed by atoms with Crippen molar-refractivity contribution in [2.24, 2.45) is 5.73 Å². The molecule has 1 aromatic rings. The largest absolute Gasteiger partial charge is 0.398 e. The number of anilines is 2. The molecule has 0 aromatic heterocycles. The molecule has 0 saturated heterocycles. The van der Waals surface area contributed by atoms with Crippen molar-refractivity contribution in [2.45, 2.75) is 207 Å². The second-order valence-electron chi connectivity index (χ2n) is 13.9. The van der Waals surface area contributed by atoms with E-state index in [2.05, 4.69) is 24.8 Å². The molecule has 1 aromatic carbocycles. The summed E-state index contributed by atoms with van der Waals surface area (Å²) in [4.78, 5) is 2.64. The van der Waals surface area contributed by atoms with Crippen molar-refractivity contribution in [3.05, 3.63) is 23.3 Å². The summed E-state index contributed by atoms with van der Waals surface area (Å²) in [7, 11) is 0. The maximum Gasteiger partial charge on any atom is 0.0426 e. The molecule has 0 bridgehead atoms. The quantitative estimate of drug-likeness (QED) is 0.0543. The monoisotopic (exact) mass is 615 g/mol. The van der Waals surface area contributed by atoms with Crippen LogP contribution in [-0.2, 0) is 13.1 Å². The van der Waals surface area contributed by atoms with Gasteiger partial charge in [-0.25, -0.2) is 0 Å². The molecule has 0 aliphatic carbocycles. The number of nitrogens with zero attached hydrogens (tertiary/aromatic N) is 1. The van der Waals surface area contributed by atoms with Gasteiger partial charge in [-0.05, 0) is 37.6 Å². The highest BCUT2D eigenvalue weighted by Gasteiger charge is 2.12. The van der Waals surface area contributed by atoms with Crippen LogP contribution in [0.15, 0.2) is 12.1 Å². The Morgan fingerprint density at radius 1 is 0.455 bits per heavy atom. The van der Waals surface area contributed by atoms with E-state index in [-0.39, 0.29) is 0 Å². The van der Waals surface area contributed by atoms with Crippen molar-refractivity contribution in [1.29, 1.82) is 0 Å². The number of hydrogen-bond donors (Lipinski definition) is 3. The summed E-state index contributed by atoms with van der Waals surface area (Å²) >= 11 is 0. The molecule has 0 unspecified atom stereocenters. The molecule has 1 rings (SSSR count). The van der Waals surface area contributed by atoms with E-state index in [9.17, 15) is 0 Å². The van der Waals surface area contributed by atoms with Gasteiger partial charge in [0.05, 0.1) is 0 Å². The summed E-state index contributed by atoms with van der Waals surface area (Å²) in [5, 5.41) is 0. The Kier molecular flexibility index (Phi) is 28.2. The molecular formula is C40H78N4. The van der Waals surface area contributed by atoms with Crippen molar-refractivity contribution in [3.63, 3.8) is 0 Å². The molecule has 0 aliphatic rings. The molecule has 0 spiro atoms. The average molecular weight is 615 g/mol. The van der Waals surface area contributed by atoms with Gasteiger partial charge in [-0.1, -0.05) is 187 Å². The van der Waals surface area contributed by atoms with Crippen molar-refractivity contribution < 1.29 is 0 Å². The van der Waals surface area contributed by atoms with Gasteiger partial charge in [0.25, 0.3) is 0 Å². The van der Waals surface area contributed by atoms with Gasteiger partial charge in [0.1, 0.15) is 0 Å². The van der Waals surface area contributed by atoms with E-state index in [4.69, 9.17) is 17.2 Å². The Hall–Kier alpha value is -1.26.